The summed E-state index contributed by atoms with van der Waals surface area (Å²) in [7, 11) is 0. The van der Waals surface area contributed by atoms with Crippen molar-refractivity contribution in [3.8, 4) is 0 Å². The molecule has 1 aliphatic rings. The molecule has 17 heavy (non-hydrogen) atoms. The van der Waals surface area contributed by atoms with Crippen molar-refractivity contribution in [3.05, 3.63) is 34.3 Å². The molecule has 0 N–H and O–H groups in total. The van der Waals surface area contributed by atoms with E-state index in [0.29, 0.717) is 6.42 Å². The average Bonchev–Trinajstić information content (AvgIpc) is 2.37. The lowest BCUT2D eigenvalue weighted by Gasteiger charge is -2.26. The van der Waals surface area contributed by atoms with Crippen molar-refractivity contribution in [3.63, 3.8) is 0 Å². The molecule has 1 aliphatic heterocycles. The van der Waals surface area contributed by atoms with Gasteiger partial charge in [-0.1, -0.05) is 28.1 Å². The van der Waals surface area contributed by atoms with Gasteiger partial charge in [0.1, 0.15) is 0 Å². The van der Waals surface area contributed by atoms with Gasteiger partial charge in [-0.15, -0.1) is 0 Å². The molecule has 0 atom stereocenters. The maximum Gasteiger partial charge on any atom is 0.164 e. The van der Waals surface area contributed by atoms with Crippen molar-refractivity contribution in [1.82, 2.24) is 4.90 Å². The van der Waals surface area contributed by atoms with Crippen LogP contribution in [0.15, 0.2) is 28.7 Å². The summed E-state index contributed by atoms with van der Waals surface area (Å²) >= 11 is 3.38. The Morgan fingerprint density at radius 3 is 2.82 bits per heavy atom. The number of ether oxygens (including phenoxy) is 1. The van der Waals surface area contributed by atoms with Gasteiger partial charge in [-0.3, -0.25) is 9.69 Å². The summed E-state index contributed by atoms with van der Waals surface area (Å²) < 4.78 is 6.23. The highest BCUT2D eigenvalue weighted by atomic mass is 79.9. The number of hydrogen-bond donors (Lipinski definition) is 0. The van der Waals surface area contributed by atoms with E-state index in [1.807, 2.05) is 24.3 Å². The van der Waals surface area contributed by atoms with E-state index in [1.165, 1.54) is 0 Å². The molecule has 92 valence electrons. The van der Waals surface area contributed by atoms with E-state index in [4.69, 9.17) is 4.74 Å². The molecule has 1 saturated heterocycles. The first-order chi connectivity index (χ1) is 8.25. The summed E-state index contributed by atoms with van der Waals surface area (Å²) in [5.41, 5.74) is 0.785. The number of halogens is 1. The van der Waals surface area contributed by atoms with E-state index in [1.54, 1.807) is 0 Å². The van der Waals surface area contributed by atoms with Gasteiger partial charge in [0.05, 0.1) is 13.2 Å². The van der Waals surface area contributed by atoms with Crippen LogP contribution in [0.5, 0.6) is 0 Å². The van der Waals surface area contributed by atoms with Crippen molar-refractivity contribution in [2.24, 2.45) is 0 Å². The molecule has 0 bridgehead atoms. The van der Waals surface area contributed by atoms with Crippen molar-refractivity contribution in [1.29, 1.82) is 0 Å². The molecule has 0 unspecified atom stereocenters. The lowest BCUT2D eigenvalue weighted by Crippen LogP contribution is -2.37. The highest BCUT2D eigenvalue weighted by Gasteiger charge is 2.12. The number of carbonyl (C=O) groups excluding carboxylic acids is 1. The molecular formula is C13H16BrNO2. The molecule has 1 aromatic carbocycles. The van der Waals surface area contributed by atoms with E-state index in [-0.39, 0.29) is 5.78 Å². The Morgan fingerprint density at radius 2 is 2.12 bits per heavy atom. The van der Waals surface area contributed by atoms with Crippen LogP contribution in [0.25, 0.3) is 0 Å². The highest BCUT2D eigenvalue weighted by molar-refractivity contribution is 9.10. The van der Waals surface area contributed by atoms with Gasteiger partial charge in [0, 0.05) is 36.1 Å². The number of Topliss-reactive ketones (excluding diaryl/α,β-unsaturated/α-hetero) is 1. The quantitative estimate of drug-likeness (QED) is 0.799. The average molecular weight is 298 g/mol. The topological polar surface area (TPSA) is 29.5 Å². The normalized spacial score (nSPS) is 17.0. The Bertz CT molecular complexity index is 389. The second-order valence-electron chi connectivity index (χ2n) is 4.14. The monoisotopic (exact) mass is 297 g/mol. The van der Waals surface area contributed by atoms with Crippen LogP contribution in [0.2, 0.25) is 0 Å². The smallest absolute Gasteiger partial charge is 0.164 e. The number of benzene rings is 1. The van der Waals surface area contributed by atoms with Crippen LogP contribution in [0, 0.1) is 0 Å². The fraction of sp³-hybridized carbons (Fsp3) is 0.462. The molecule has 3 nitrogen and oxygen atoms in total. The molecule has 1 aromatic rings. The minimum Gasteiger partial charge on any atom is -0.379 e. The summed E-state index contributed by atoms with van der Waals surface area (Å²) in [5, 5.41) is 0. The maximum absolute atomic E-state index is 12.0. The molecule has 0 aliphatic carbocycles. The zero-order valence-electron chi connectivity index (χ0n) is 9.69. The first-order valence-electron chi connectivity index (χ1n) is 5.84. The minimum absolute atomic E-state index is 0.206. The summed E-state index contributed by atoms with van der Waals surface area (Å²) in [6.07, 6.45) is 0.580. The summed E-state index contributed by atoms with van der Waals surface area (Å²) in [6, 6.07) is 7.57. The molecule has 0 saturated carbocycles. The lowest BCUT2D eigenvalue weighted by molar-refractivity contribution is 0.0370. The number of carbonyl (C=O) groups is 1. The Kier molecular flexibility index (Phi) is 4.71. The van der Waals surface area contributed by atoms with E-state index < -0.39 is 0 Å². The molecule has 0 aromatic heterocycles. The zero-order valence-corrected chi connectivity index (χ0v) is 11.3. The van der Waals surface area contributed by atoms with E-state index in [9.17, 15) is 4.79 Å². The van der Waals surface area contributed by atoms with E-state index in [0.717, 1.165) is 42.9 Å². The van der Waals surface area contributed by atoms with Crippen molar-refractivity contribution in [2.45, 2.75) is 6.42 Å². The fourth-order valence-corrected chi connectivity index (χ4v) is 2.29. The Morgan fingerprint density at radius 1 is 1.35 bits per heavy atom. The van der Waals surface area contributed by atoms with Crippen LogP contribution in [0.4, 0.5) is 0 Å². The molecule has 1 heterocycles. The molecular weight excluding hydrogens is 282 g/mol. The van der Waals surface area contributed by atoms with Gasteiger partial charge in [-0.05, 0) is 12.1 Å². The maximum atomic E-state index is 12.0. The van der Waals surface area contributed by atoms with E-state index in [2.05, 4.69) is 20.8 Å². The third-order valence-electron chi connectivity index (χ3n) is 2.91. The number of nitrogens with zero attached hydrogens (tertiary/aromatic N) is 1. The number of morpholine rings is 1. The van der Waals surface area contributed by atoms with Crippen LogP contribution in [-0.2, 0) is 4.74 Å². The molecule has 0 radical (unpaired) electrons. The summed E-state index contributed by atoms with van der Waals surface area (Å²) in [4.78, 5) is 14.2. The second-order valence-corrected chi connectivity index (χ2v) is 5.05. The van der Waals surface area contributed by atoms with Crippen molar-refractivity contribution in [2.75, 3.05) is 32.8 Å². The van der Waals surface area contributed by atoms with Gasteiger partial charge in [-0.25, -0.2) is 0 Å². The van der Waals surface area contributed by atoms with Crippen molar-refractivity contribution >= 4 is 21.7 Å². The van der Waals surface area contributed by atoms with Gasteiger partial charge in [0.25, 0.3) is 0 Å². The van der Waals surface area contributed by atoms with Crippen LogP contribution in [0.3, 0.4) is 0 Å². The molecule has 0 spiro atoms. The SMILES string of the molecule is O=C(CCN1CCOCC1)c1cccc(Br)c1. The standard InChI is InChI=1S/C13H16BrNO2/c14-12-3-1-2-11(10-12)13(16)4-5-15-6-8-17-9-7-15/h1-3,10H,4-9H2. The largest absolute Gasteiger partial charge is 0.379 e. The zero-order chi connectivity index (χ0) is 12.1. The Balaban J connectivity index is 1.84. The number of ketones is 1. The van der Waals surface area contributed by atoms with Gasteiger partial charge < -0.3 is 4.74 Å². The van der Waals surface area contributed by atoms with Gasteiger partial charge in [-0.2, -0.15) is 0 Å². The number of rotatable bonds is 4. The van der Waals surface area contributed by atoms with Gasteiger partial charge in [0.15, 0.2) is 5.78 Å². The number of hydrogen-bond acceptors (Lipinski definition) is 3. The van der Waals surface area contributed by atoms with Crippen LogP contribution >= 0.6 is 15.9 Å². The predicted octanol–water partition coefficient (Wildman–Crippen LogP) is 2.35. The molecule has 4 heteroatoms. The lowest BCUT2D eigenvalue weighted by atomic mass is 10.1. The fourth-order valence-electron chi connectivity index (χ4n) is 1.89. The first kappa shape index (κ1) is 12.7. The van der Waals surface area contributed by atoms with Crippen LogP contribution < -0.4 is 0 Å². The van der Waals surface area contributed by atoms with Crippen LogP contribution in [-0.4, -0.2) is 43.5 Å². The molecule has 1 fully saturated rings. The van der Waals surface area contributed by atoms with E-state index >= 15 is 0 Å². The van der Waals surface area contributed by atoms with Gasteiger partial charge in [0.2, 0.25) is 0 Å². The van der Waals surface area contributed by atoms with Gasteiger partial charge >= 0.3 is 0 Å². The summed E-state index contributed by atoms with van der Waals surface area (Å²) in [6.45, 7) is 4.27. The minimum atomic E-state index is 0.206. The summed E-state index contributed by atoms with van der Waals surface area (Å²) in [5.74, 6) is 0.206. The third kappa shape index (κ3) is 3.91. The molecule has 0 amide bonds. The highest BCUT2D eigenvalue weighted by Crippen LogP contribution is 2.13. The first-order valence-corrected chi connectivity index (χ1v) is 6.64. The second kappa shape index (κ2) is 6.28. The predicted molar refractivity (Wildman–Crippen MR) is 70.3 cm³/mol. The van der Waals surface area contributed by atoms with Crippen molar-refractivity contribution < 1.29 is 9.53 Å². The Hall–Kier alpha value is -0.710. The molecule has 2 rings (SSSR count). The third-order valence-corrected chi connectivity index (χ3v) is 3.40. The Labute approximate surface area is 110 Å². The van der Waals surface area contributed by atoms with Crippen LogP contribution in [0.1, 0.15) is 16.8 Å².